The Balaban J connectivity index is 2.58. The fourth-order valence-corrected chi connectivity index (χ4v) is 2.44. The van der Waals surface area contributed by atoms with Crippen LogP contribution in [0.2, 0.25) is 0 Å². The summed E-state index contributed by atoms with van der Waals surface area (Å²) in [5.74, 6) is -0.769. The van der Waals surface area contributed by atoms with Crippen molar-refractivity contribution in [1.29, 1.82) is 0 Å². The number of hydrogen-bond acceptors (Lipinski definition) is 4. The molecule has 1 rings (SSSR count). The molecule has 0 aromatic heterocycles. The van der Waals surface area contributed by atoms with Crippen LogP contribution in [0, 0.1) is 0 Å². The van der Waals surface area contributed by atoms with Crippen molar-refractivity contribution in [3.63, 3.8) is 0 Å². The van der Waals surface area contributed by atoms with Crippen LogP contribution in [0.25, 0.3) is 0 Å². The van der Waals surface area contributed by atoms with Gasteiger partial charge in [-0.2, -0.15) is 0 Å². The molecule has 1 atom stereocenters. The first-order valence-electron chi connectivity index (χ1n) is 9.10. The van der Waals surface area contributed by atoms with Gasteiger partial charge >= 0.3 is 11.9 Å². The molecular weight excluding hydrogens is 304 g/mol. The van der Waals surface area contributed by atoms with Gasteiger partial charge in [-0.15, -0.1) is 0 Å². The van der Waals surface area contributed by atoms with E-state index in [1.165, 1.54) is 0 Å². The van der Waals surface area contributed by atoms with Gasteiger partial charge in [0, 0.05) is 0 Å². The van der Waals surface area contributed by atoms with Crippen LogP contribution in [0.5, 0.6) is 0 Å². The molecule has 24 heavy (non-hydrogen) atoms. The zero-order chi connectivity index (χ0) is 17.8. The smallest absolute Gasteiger partial charge is 0.338 e. The van der Waals surface area contributed by atoms with Crippen molar-refractivity contribution in [1.82, 2.24) is 0 Å². The van der Waals surface area contributed by atoms with E-state index in [2.05, 4.69) is 13.8 Å². The third-order valence-electron chi connectivity index (χ3n) is 3.90. The minimum absolute atomic E-state index is 0.0725. The standard InChI is InChI=1S/C20H30O4/c1-4-7-8-9-14-23-19(21)16-12-10-13-17(15-16)20(22)24-18(6-3)11-5-2/h10,12-13,15,18H,4-9,11,14H2,1-3H3. The Labute approximate surface area is 145 Å². The largest absolute Gasteiger partial charge is 0.462 e. The first kappa shape index (κ1) is 20.2. The average molecular weight is 334 g/mol. The molecule has 0 bridgehead atoms. The van der Waals surface area contributed by atoms with Gasteiger partial charge in [-0.3, -0.25) is 0 Å². The third kappa shape index (κ3) is 7.16. The van der Waals surface area contributed by atoms with Crippen molar-refractivity contribution in [2.45, 2.75) is 71.8 Å². The minimum atomic E-state index is -0.387. The number of hydrogen-bond donors (Lipinski definition) is 0. The van der Waals surface area contributed by atoms with Crippen LogP contribution >= 0.6 is 0 Å². The van der Waals surface area contributed by atoms with Gasteiger partial charge in [0.2, 0.25) is 0 Å². The third-order valence-corrected chi connectivity index (χ3v) is 3.90. The van der Waals surface area contributed by atoms with E-state index in [9.17, 15) is 9.59 Å². The fourth-order valence-electron chi connectivity index (χ4n) is 2.44. The number of esters is 2. The Morgan fingerprint density at radius 1 is 0.958 bits per heavy atom. The Morgan fingerprint density at radius 2 is 1.67 bits per heavy atom. The van der Waals surface area contributed by atoms with Gasteiger partial charge in [-0.25, -0.2) is 9.59 Å². The number of rotatable bonds is 11. The van der Waals surface area contributed by atoms with E-state index in [0.29, 0.717) is 17.7 Å². The molecule has 1 aromatic rings. The highest BCUT2D eigenvalue weighted by atomic mass is 16.5. The molecule has 1 aromatic carbocycles. The van der Waals surface area contributed by atoms with E-state index in [-0.39, 0.29) is 18.0 Å². The van der Waals surface area contributed by atoms with Crippen molar-refractivity contribution in [2.24, 2.45) is 0 Å². The van der Waals surface area contributed by atoms with Crippen LogP contribution in [0.3, 0.4) is 0 Å². The highest BCUT2D eigenvalue weighted by Crippen LogP contribution is 2.13. The van der Waals surface area contributed by atoms with Gasteiger partial charge in [0.25, 0.3) is 0 Å². The van der Waals surface area contributed by atoms with E-state index in [1.54, 1.807) is 24.3 Å². The maximum Gasteiger partial charge on any atom is 0.338 e. The maximum atomic E-state index is 12.2. The van der Waals surface area contributed by atoms with Gasteiger partial charge in [0.05, 0.1) is 17.7 Å². The van der Waals surface area contributed by atoms with Crippen molar-refractivity contribution < 1.29 is 19.1 Å². The van der Waals surface area contributed by atoms with Crippen LogP contribution in [0.15, 0.2) is 24.3 Å². The quantitative estimate of drug-likeness (QED) is 0.414. The summed E-state index contributed by atoms with van der Waals surface area (Å²) in [6, 6.07) is 6.56. The van der Waals surface area contributed by atoms with Crippen LogP contribution in [-0.2, 0) is 9.47 Å². The van der Waals surface area contributed by atoms with Gasteiger partial charge < -0.3 is 9.47 Å². The molecule has 0 saturated carbocycles. The van der Waals surface area contributed by atoms with Crippen molar-refractivity contribution in [3.8, 4) is 0 Å². The highest BCUT2D eigenvalue weighted by molar-refractivity contribution is 5.95. The molecule has 4 nitrogen and oxygen atoms in total. The van der Waals surface area contributed by atoms with Crippen LogP contribution in [-0.4, -0.2) is 24.6 Å². The molecule has 0 amide bonds. The fraction of sp³-hybridized carbons (Fsp3) is 0.600. The number of unbranched alkanes of at least 4 members (excludes halogenated alkanes) is 3. The Bertz CT molecular complexity index is 510. The summed E-state index contributed by atoms with van der Waals surface area (Å²) in [7, 11) is 0. The number of carbonyl (C=O) groups excluding carboxylic acids is 2. The predicted octanol–water partition coefficient (Wildman–Crippen LogP) is 5.16. The van der Waals surface area contributed by atoms with Crippen molar-refractivity contribution in [3.05, 3.63) is 35.4 Å². The molecule has 4 heteroatoms. The van der Waals surface area contributed by atoms with Crippen molar-refractivity contribution in [2.75, 3.05) is 6.61 Å². The summed E-state index contributed by atoms with van der Waals surface area (Å²) in [6.07, 6.45) is 6.76. The molecule has 0 fully saturated rings. The molecule has 0 N–H and O–H groups in total. The Hall–Kier alpha value is -1.84. The monoisotopic (exact) mass is 334 g/mol. The zero-order valence-electron chi connectivity index (χ0n) is 15.2. The summed E-state index contributed by atoms with van der Waals surface area (Å²) in [5, 5.41) is 0. The number of carbonyl (C=O) groups is 2. The number of benzene rings is 1. The first-order chi connectivity index (χ1) is 11.6. The molecule has 0 aliphatic rings. The molecule has 0 aliphatic carbocycles. The van der Waals surface area contributed by atoms with Gasteiger partial charge in [-0.05, 0) is 37.5 Å². The second-order valence-corrected chi connectivity index (χ2v) is 6.00. The lowest BCUT2D eigenvalue weighted by atomic mass is 10.1. The maximum absolute atomic E-state index is 12.2. The van der Waals surface area contributed by atoms with Gasteiger partial charge in [0.15, 0.2) is 0 Å². The molecule has 134 valence electrons. The second kappa shape index (κ2) is 11.7. The molecule has 0 aliphatic heterocycles. The lowest BCUT2D eigenvalue weighted by molar-refractivity contribution is 0.0271. The summed E-state index contributed by atoms with van der Waals surface area (Å²) in [5.41, 5.74) is 0.786. The van der Waals surface area contributed by atoms with Gasteiger partial charge in [0.1, 0.15) is 6.10 Å². The number of ether oxygens (including phenoxy) is 2. The second-order valence-electron chi connectivity index (χ2n) is 6.00. The molecule has 1 unspecified atom stereocenters. The van der Waals surface area contributed by atoms with Crippen LogP contribution < -0.4 is 0 Å². The van der Waals surface area contributed by atoms with E-state index < -0.39 is 0 Å². The average Bonchev–Trinajstić information content (AvgIpc) is 2.61. The zero-order valence-corrected chi connectivity index (χ0v) is 15.2. The summed E-state index contributed by atoms with van der Waals surface area (Å²) in [6.45, 7) is 6.62. The first-order valence-corrected chi connectivity index (χ1v) is 9.10. The molecule has 0 radical (unpaired) electrons. The highest BCUT2D eigenvalue weighted by Gasteiger charge is 2.16. The topological polar surface area (TPSA) is 52.6 Å². The minimum Gasteiger partial charge on any atom is -0.462 e. The van der Waals surface area contributed by atoms with E-state index in [0.717, 1.165) is 44.9 Å². The van der Waals surface area contributed by atoms with E-state index >= 15 is 0 Å². The lowest BCUT2D eigenvalue weighted by Gasteiger charge is -2.15. The van der Waals surface area contributed by atoms with Crippen LogP contribution in [0.4, 0.5) is 0 Å². The van der Waals surface area contributed by atoms with Crippen LogP contribution in [0.1, 0.15) is 86.4 Å². The van der Waals surface area contributed by atoms with E-state index in [1.807, 2.05) is 6.92 Å². The molecule has 0 heterocycles. The van der Waals surface area contributed by atoms with Gasteiger partial charge in [-0.1, -0.05) is 52.5 Å². The summed E-state index contributed by atoms with van der Waals surface area (Å²) >= 11 is 0. The molecule has 0 spiro atoms. The molecular formula is C20H30O4. The summed E-state index contributed by atoms with van der Waals surface area (Å²) in [4.78, 5) is 24.3. The summed E-state index contributed by atoms with van der Waals surface area (Å²) < 4.78 is 10.8. The predicted molar refractivity (Wildman–Crippen MR) is 95.3 cm³/mol. The van der Waals surface area contributed by atoms with Crippen molar-refractivity contribution >= 4 is 11.9 Å². The van der Waals surface area contributed by atoms with E-state index in [4.69, 9.17) is 9.47 Å². The SMILES string of the molecule is CCCCCCOC(=O)c1cccc(C(=O)OC(CC)CCC)c1. The normalized spacial score (nSPS) is 11.8. The lowest BCUT2D eigenvalue weighted by Crippen LogP contribution is -2.18. The Kier molecular flexibility index (Phi) is 9.81. The molecule has 0 saturated heterocycles. The Morgan fingerprint density at radius 3 is 2.29 bits per heavy atom.